The lowest BCUT2D eigenvalue weighted by molar-refractivity contribution is -0.145. The predicted octanol–water partition coefficient (Wildman–Crippen LogP) is 5.03. The first kappa shape index (κ1) is 17.8. The van der Waals surface area contributed by atoms with Crippen molar-refractivity contribution in [3.8, 4) is 0 Å². The third-order valence-corrected chi connectivity index (χ3v) is 5.76. The number of fused-ring (bicyclic) bond motifs is 1. The van der Waals surface area contributed by atoms with Crippen LogP contribution in [0.5, 0.6) is 0 Å². The van der Waals surface area contributed by atoms with Crippen molar-refractivity contribution in [3.05, 3.63) is 0 Å². The molecule has 3 heteroatoms. The zero-order valence-corrected chi connectivity index (χ0v) is 14.4. The third-order valence-electron chi connectivity index (χ3n) is 5.76. The van der Waals surface area contributed by atoms with Gasteiger partial charge >= 0.3 is 5.97 Å². The summed E-state index contributed by atoms with van der Waals surface area (Å²) >= 11 is 0. The quantitative estimate of drug-likeness (QED) is 0.430. The smallest absolute Gasteiger partial charge is 0.306 e. The second-order valence-corrected chi connectivity index (χ2v) is 7.53. The van der Waals surface area contributed by atoms with E-state index in [-0.39, 0.29) is 12.0 Å². The number of hydrogen-bond donors (Lipinski definition) is 1. The van der Waals surface area contributed by atoms with Crippen molar-refractivity contribution in [2.75, 3.05) is 0 Å². The van der Waals surface area contributed by atoms with E-state index in [1.54, 1.807) is 0 Å². The number of carboxylic acid groups (broad SMARTS) is 1. The van der Waals surface area contributed by atoms with Crippen molar-refractivity contribution in [2.24, 2.45) is 17.8 Å². The van der Waals surface area contributed by atoms with Crippen LogP contribution in [0.2, 0.25) is 0 Å². The van der Waals surface area contributed by atoms with Crippen molar-refractivity contribution in [3.63, 3.8) is 0 Å². The van der Waals surface area contributed by atoms with Gasteiger partial charge in [-0.15, -0.1) is 0 Å². The van der Waals surface area contributed by atoms with Crippen LogP contribution in [0, 0.1) is 17.8 Å². The molecular weight excluding hydrogens is 276 g/mol. The highest BCUT2D eigenvalue weighted by molar-refractivity contribution is 5.70. The topological polar surface area (TPSA) is 49.8 Å². The fraction of sp³-hybridized carbons (Fsp3) is 0.947. The van der Waals surface area contributed by atoms with Gasteiger partial charge in [-0.3, -0.25) is 4.79 Å². The standard InChI is InChI=1S/C19H34O3/c1-3-4-5-6-7-8-9-10-11-14(2)15-12-17-18(22-17)13-16(15)19(20)21/h14-18H,3-13H2,1-2H3,(H,20,21). The van der Waals surface area contributed by atoms with Crippen LogP contribution in [0.25, 0.3) is 0 Å². The van der Waals surface area contributed by atoms with Crippen LogP contribution < -0.4 is 0 Å². The largest absolute Gasteiger partial charge is 0.481 e. The Kier molecular flexibility index (Phi) is 7.20. The number of epoxide rings is 1. The highest BCUT2D eigenvalue weighted by Crippen LogP contribution is 2.46. The normalized spacial score (nSPS) is 31.5. The van der Waals surface area contributed by atoms with Gasteiger partial charge in [0.2, 0.25) is 0 Å². The van der Waals surface area contributed by atoms with Crippen molar-refractivity contribution in [1.82, 2.24) is 0 Å². The molecule has 0 radical (unpaired) electrons. The van der Waals surface area contributed by atoms with Gasteiger partial charge in [0, 0.05) is 0 Å². The van der Waals surface area contributed by atoms with Gasteiger partial charge in [-0.2, -0.15) is 0 Å². The fourth-order valence-corrected chi connectivity index (χ4v) is 4.18. The molecule has 2 fully saturated rings. The lowest BCUT2D eigenvalue weighted by Crippen LogP contribution is -2.34. The number of carbonyl (C=O) groups is 1. The first-order valence-corrected chi connectivity index (χ1v) is 9.51. The number of aliphatic carboxylic acids is 1. The molecule has 0 bridgehead atoms. The van der Waals surface area contributed by atoms with E-state index in [4.69, 9.17) is 4.74 Å². The van der Waals surface area contributed by atoms with E-state index in [0.717, 1.165) is 12.8 Å². The van der Waals surface area contributed by atoms with Crippen LogP contribution in [-0.2, 0) is 9.53 Å². The van der Waals surface area contributed by atoms with Crippen molar-refractivity contribution < 1.29 is 14.6 Å². The van der Waals surface area contributed by atoms with Gasteiger partial charge in [-0.1, -0.05) is 71.6 Å². The lowest BCUT2D eigenvalue weighted by atomic mass is 9.71. The Balaban J connectivity index is 1.59. The maximum Gasteiger partial charge on any atom is 0.306 e. The number of hydrogen-bond acceptors (Lipinski definition) is 2. The van der Waals surface area contributed by atoms with Crippen LogP contribution in [0.4, 0.5) is 0 Å². The van der Waals surface area contributed by atoms with Crippen molar-refractivity contribution in [2.45, 2.75) is 96.7 Å². The summed E-state index contributed by atoms with van der Waals surface area (Å²) in [5, 5.41) is 9.45. The van der Waals surface area contributed by atoms with Gasteiger partial charge in [-0.05, 0) is 24.7 Å². The Bertz CT molecular complexity index is 342. The summed E-state index contributed by atoms with van der Waals surface area (Å²) in [6.07, 6.45) is 14.3. The molecule has 3 nitrogen and oxygen atoms in total. The fourth-order valence-electron chi connectivity index (χ4n) is 4.18. The van der Waals surface area contributed by atoms with Gasteiger partial charge in [0.05, 0.1) is 18.1 Å². The Morgan fingerprint density at radius 1 is 1.05 bits per heavy atom. The minimum Gasteiger partial charge on any atom is -0.481 e. The Labute approximate surface area is 135 Å². The molecule has 128 valence electrons. The van der Waals surface area contributed by atoms with E-state index in [1.165, 1.54) is 57.8 Å². The van der Waals surface area contributed by atoms with E-state index >= 15 is 0 Å². The second kappa shape index (κ2) is 8.90. The highest BCUT2D eigenvalue weighted by Gasteiger charge is 2.51. The molecule has 1 aliphatic carbocycles. The van der Waals surface area contributed by atoms with Gasteiger partial charge in [0.15, 0.2) is 0 Å². The molecular formula is C19H34O3. The Morgan fingerprint density at radius 2 is 1.64 bits per heavy atom. The average Bonchev–Trinajstić information content (AvgIpc) is 3.26. The molecule has 0 aromatic carbocycles. The number of unbranched alkanes of at least 4 members (excludes halogenated alkanes) is 7. The molecule has 0 spiro atoms. The second-order valence-electron chi connectivity index (χ2n) is 7.53. The maximum atomic E-state index is 11.5. The van der Waals surface area contributed by atoms with E-state index in [0.29, 0.717) is 17.9 Å². The van der Waals surface area contributed by atoms with Crippen molar-refractivity contribution in [1.29, 1.82) is 0 Å². The molecule has 2 aliphatic rings. The molecule has 1 aliphatic heterocycles. The molecule has 1 heterocycles. The molecule has 0 amide bonds. The molecule has 1 saturated heterocycles. The summed E-state index contributed by atoms with van der Waals surface area (Å²) in [6.45, 7) is 4.51. The molecule has 1 N–H and O–H groups in total. The van der Waals surface area contributed by atoms with Crippen LogP contribution in [0.3, 0.4) is 0 Å². The van der Waals surface area contributed by atoms with Crippen LogP contribution in [0.1, 0.15) is 84.5 Å². The van der Waals surface area contributed by atoms with Crippen LogP contribution in [-0.4, -0.2) is 23.3 Å². The maximum absolute atomic E-state index is 11.5. The van der Waals surface area contributed by atoms with E-state index in [2.05, 4.69) is 13.8 Å². The summed E-state index contributed by atoms with van der Waals surface area (Å²) in [7, 11) is 0. The number of rotatable bonds is 11. The molecule has 1 saturated carbocycles. The van der Waals surface area contributed by atoms with Crippen LogP contribution >= 0.6 is 0 Å². The highest BCUT2D eigenvalue weighted by atomic mass is 16.6. The molecule has 5 atom stereocenters. The summed E-state index contributed by atoms with van der Waals surface area (Å²) < 4.78 is 5.57. The summed E-state index contributed by atoms with van der Waals surface area (Å²) in [5.74, 6) is 0.0617. The van der Waals surface area contributed by atoms with E-state index < -0.39 is 5.97 Å². The Hall–Kier alpha value is -0.570. The van der Waals surface area contributed by atoms with Crippen molar-refractivity contribution >= 4 is 5.97 Å². The molecule has 5 unspecified atom stereocenters. The summed E-state index contributed by atoms with van der Waals surface area (Å²) in [4.78, 5) is 11.5. The van der Waals surface area contributed by atoms with Gasteiger partial charge < -0.3 is 9.84 Å². The lowest BCUT2D eigenvalue weighted by Gasteiger charge is -2.31. The first-order chi connectivity index (χ1) is 10.6. The number of ether oxygens (including phenoxy) is 1. The van der Waals surface area contributed by atoms with E-state index in [1.807, 2.05) is 0 Å². The van der Waals surface area contributed by atoms with Gasteiger partial charge in [-0.25, -0.2) is 0 Å². The monoisotopic (exact) mass is 310 g/mol. The minimum atomic E-state index is -0.610. The average molecular weight is 310 g/mol. The molecule has 0 aromatic heterocycles. The molecule has 2 rings (SSSR count). The third kappa shape index (κ3) is 5.26. The van der Waals surface area contributed by atoms with Gasteiger partial charge in [0.25, 0.3) is 0 Å². The van der Waals surface area contributed by atoms with E-state index in [9.17, 15) is 9.90 Å². The molecule has 0 aromatic rings. The molecule has 22 heavy (non-hydrogen) atoms. The zero-order valence-electron chi connectivity index (χ0n) is 14.4. The van der Waals surface area contributed by atoms with Gasteiger partial charge in [0.1, 0.15) is 0 Å². The SMILES string of the molecule is CCCCCCCCCCC(C)C1CC2OC2CC1C(=O)O. The zero-order chi connectivity index (χ0) is 15.9. The Morgan fingerprint density at radius 3 is 2.27 bits per heavy atom. The summed E-state index contributed by atoms with van der Waals surface area (Å²) in [5.41, 5.74) is 0. The minimum absolute atomic E-state index is 0.173. The summed E-state index contributed by atoms with van der Waals surface area (Å²) in [6, 6.07) is 0. The first-order valence-electron chi connectivity index (χ1n) is 9.51. The predicted molar refractivity (Wildman–Crippen MR) is 88.9 cm³/mol. The number of carboxylic acids is 1. The van der Waals surface area contributed by atoms with Crippen LogP contribution in [0.15, 0.2) is 0 Å².